The molecule has 1 aliphatic rings. The first-order valence-corrected chi connectivity index (χ1v) is 8.25. The number of hydrogen-bond donors (Lipinski definition) is 2. The summed E-state index contributed by atoms with van der Waals surface area (Å²) < 4.78 is 6.23. The van der Waals surface area contributed by atoms with Gasteiger partial charge in [0.15, 0.2) is 0 Å². The van der Waals surface area contributed by atoms with Crippen LogP contribution in [0.25, 0.3) is 0 Å². The van der Waals surface area contributed by atoms with E-state index in [2.05, 4.69) is 38.5 Å². The van der Waals surface area contributed by atoms with Crippen LogP contribution < -0.4 is 10.6 Å². The fourth-order valence-corrected chi connectivity index (χ4v) is 2.63. The number of carbonyl (C=O) groups is 1. The molecule has 0 radical (unpaired) electrons. The first kappa shape index (κ1) is 16.2. The van der Waals surface area contributed by atoms with E-state index in [0.717, 1.165) is 43.5 Å². The Morgan fingerprint density at radius 3 is 3.14 bits per heavy atom. The summed E-state index contributed by atoms with van der Waals surface area (Å²) in [5.74, 6) is 0.959. The van der Waals surface area contributed by atoms with Crippen molar-refractivity contribution in [3.63, 3.8) is 0 Å². The van der Waals surface area contributed by atoms with Gasteiger partial charge in [-0.05, 0) is 47.2 Å². The van der Waals surface area contributed by atoms with Gasteiger partial charge in [-0.25, -0.2) is 4.98 Å². The highest BCUT2D eigenvalue weighted by Crippen LogP contribution is 2.19. The number of amides is 1. The van der Waals surface area contributed by atoms with Crippen molar-refractivity contribution in [1.82, 2.24) is 10.3 Å². The molecule has 2 rings (SSSR count). The highest BCUT2D eigenvalue weighted by Gasteiger charge is 2.17. The zero-order valence-electron chi connectivity index (χ0n) is 12.3. The largest absolute Gasteiger partial charge is 0.381 e. The number of nitrogens with zero attached hydrogens (tertiary/aromatic N) is 1. The van der Waals surface area contributed by atoms with E-state index in [1.807, 2.05) is 0 Å². The van der Waals surface area contributed by atoms with Gasteiger partial charge in [-0.2, -0.15) is 0 Å². The Bertz CT molecular complexity index is 476. The summed E-state index contributed by atoms with van der Waals surface area (Å²) in [5, 5.41) is 6.18. The van der Waals surface area contributed by atoms with Crippen molar-refractivity contribution >= 4 is 27.7 Å². The normalized spacial score (nSPS) is 18.3. The summed E-state index contributed by atoms with van der Waals surface area (Å²) >= 11 is 3.37. The molecule has 5 nitrogen and oxygen atoms in total. The number of nitrogens with one attached hydrogen (secondary N) is 2. The molecule has 0 aliphatic carbocycles. The second kappa shape index (κ2) is 8.34. The van der Waals surface area contributed by atoms with Gasteiger partial charge in [-0.3, -0.25) is 4.79 Å². The average Bonchev–Trinajstić information content (AvgIpc) is 2.52. The minimum atomic E-state index is -0.0898. The molecule has 0 aromatic carbocycles. The van der Waals surface area contributed by atoms with E-state index in [1.165, 1.54) is 0 Å². The SMILES string of the molecule is CCCNc1ncc(Br)cc1C(=O)NCC1CCCOC1. The molecule has 0 saturated carbocycles. The molecular weight excluding hydrogens is 334 g/mol. The Labute approximate surface area is 134 Å². The summed E-state index contributed by atoms with van der Waals surface area (Å²) in [5.41, 5.74) is 0.578. The number of aromatic nitrogens is 1. The predicted octanol–water partition coefficient (Wildman–Crippen LogP) is 2.82. The monoisotopic (exact) mass is 355 g/mol. The molecule has 0 spiro atoms. The maximum absolute atomic E-state index is 12.4. The van der Waals surface area contributed by atoms with Gasteiger partial charge in [0.05, 0.1) is 12.2 Å². The molecule has 2 N–H and O–H groups in total. The van der Waals surface area contributed by atoms with Crippen molar-refractivity contribution in [2.45, 2.75) is 26.2 Å². The maximum atomic E-state index is 12.4. The lowest BCUT2D eigenvalue weighted by Gasteiger charge is -2.22. The Morgan fingerprint density at radius 1 is 1.57 bits per heavy atom. The third-order valence-corrected chi connectivity index (χ3v) is 3.88. The average molecular weight is 356 g/mol. The number of pyridine rings is 1. The number of halogens is 1. The third kappa shape index (κ3) is 4.97. The van der Waals surface area contributed by atoms with Crippen LogP contribution in [0.1, 0.15) is 36.5 Å². The van der Waals surface area contributed by atoms with Crippen molar-refractivity contribution in [3.8, 4) is 0 Å². The van der Waals surface area contributed by atoms with Crippen molar-refractivity contribution in [3.05, 3.63) is 22.3 Å². The maximum Gasteiger partial charge on any atom is 0.255 e. The van der Waals surface area contributed by atoms with E-state index < -0.39 is 0 Å². The predicted molar refractivity (Wildman–Crippen MR) is 86.6 cm³/mol. The Kier molecular flexibility index (Phi) is 6.45. The van der Waals surface area contributed by atoms with Crippen LogP contribution in [0.15, 0.2) is 16.7 Å². The van der Waals surface area contributed by atoms with Crippen LogP contribution in [0.3, 0.4) is 0 Å². The first-order valence-electron chi connectivity index (χ1n) is 7.46. The number of rotatable bonds is 6. The topological polar surface area (TPSA) is 63.2 Å². The number of ether oxygens (including phenoxy) is 1. The molecular formula is C15H22BrN3O2. The standard InChI is InChI=1S/C15H22BrN3O2/c1-2-5-17-14-13(7-12(16)9-18-14)15(20)19-8-11-4-3-6-21-10-11/h7,9,11H,2-6,8,10H2,1H3,(H,17,18)(H,19,20). The lowest BCUT2D eigenvalue weighted by molar-refractivity contribution is 0.0536. The van der Waals surface area contributed by atoms with Gasteiger partial charge >= 0.3 is 0 Å². The fourth-order valence-electron chi connectivity index (χ4n) is 2.30. The van der Waals surface area contributed by atoms with E-state index >= 15 is 0 Å². The van der Waals surface area contributed by atoms with E-state index in [-0.39, 0.29) is 5.91 Å². The van der Waals surface area contributed by atoms with E-state index in [0.29, 0.717) is 23.8 Å². The summed E-state index contributed by atoms with van der Waals surface area (Å²) in [7, 11) is 0. The van der Waals surface area contributed by atoms with Crippen LogP contribution in [0, 0.1) is 5.92 Å². The van der Waals surface area contributed by atoms with Crippen molar-refractivity contribution < 1.29 is 9.53 Å². The zero-order chi connectivity index (χ0) is 15.1. The molecule has 116 valence electrons. The number of anilines is 1. The smallest absolute Gasteiger partial charge is 0.255 e. The molecule has 0 bridgehead atoms. The number of carbonyl (C=O) groups excluding carboxylic acids is 1. The van der Waals surface area contributed by atoms with Crippen LogP contribution in [-0.2, 0) is 4.74 Å². The van der Waals surface area contributed by atoms with Gasteiger partial charge < -0.3 is 15.4 Å². The van der Waals surface area contributed by atoms with Crippen molar-refractivity contribution in [2.75, 3.05) is 31.6 Å². The second-order valence-electron chi connectivity index (χ2n) is 5.27. The summed E-state index contributed by atoms with van der Waals surface area (Å²) in [6.45, 7) is 5.10. The van der Waals surface area contributed by atoms with Crippen LogP contribution in [0.4, 0.5) is 5.82 Å². The molecule has 1 saturated heterocycles. The molecule has 1 aliphatic heterocycles. The molecule has 2 heterocycles. The van der Waals surface area contributed by atoms with E-state index in [4.69, 9.17) is 4.74 Å². The highest BCUT2D eigenvalue weighted by atomic mass is 79.9. The lowest BCUT2D eigenvalue weighted by atomic mass is 10.0. The molecule has 1 atom stereocenters. The fraction of sp³-hybridized carbons (Fsp3) is 0.600. The Morgan fingerprint density at radius 2 is 2.43 bits per heavy atom. The first-order chi connectivity index (χ1) is 10.2. The zero-order valence-corrected chi connectivity index (χ0v) is 13.9. The van der Waals surface area contributed by atoms with E-state index in [1.54, 1.807) is 12.3 Å². The van der Waals surface area contributed by atoms with Gasteiger partial charge in [0.2, 0.25) is 0 Å². The third-order valence-electron chi connectivity index (χ3n) is 3.45. The van der Waals surface area contributed by atoms with Gasteiger partial charge in [0.25, 0.3) is 5.91 Å². The lowest BCUT2D eigenvalue weighted by Crippen LogP contribution is -2.33. The van der Waals surface area contributed by atoms with Crippen molar-refractivity contribution in [1.29, 1.82) is 0 Å². The Balaban J connectivity index is 1.97. The summed E-state index contributed by atoms with van der Waals surface area (Å²) in [4.78, 5) is 16.7. The minimum absolute atomic E-state index is 0.0898. The summed E-state index contributed by atoms with van der Waals surface area (Å²) in [6, 6.07) is 1.80. The van der Waals surface area contributed by atoms with Gasteiger partial charge in [0.1, 0.15) is 5.82 Å². The van der Waals surface area contributed by atoms with Gasteiger partial charge in [-0.1, -0.05) is 6.92 Å². The summed E-state index contributed by atoms with van der Waals surface area (Å²) in [6.07, 6.45) is 4.86. The minimum Gasteiger partial charge on any atom is -0.381 e. The second-order valence-corrected chi connectivity index (χ2v) is 6.19. The molecule has 1 fully saturated rings. The van der Waals surface area contributed by atoms with Crippen LogP contribution in [0.2, 0.25) is 0 Å². The van der Waals surface area contributed by atoms with Crippen molar-refractivity contribution in [2.24, 2.45) is 5.92 Å². The highest BCUT2D eigenvalue weighted by molar-refractivity contribution is 9.10. The molecule has 1 aromatic rings. The molecule has 1 aromatic heterocycles. The molecule has 21 heavy (non-hydrogen) atoms. The molecule has 1 amide bonds. The number of hydrogen-bond acceptors (Lipinski definition) is 4. The quantitative estimate of drug-likeness (QED) is 0.823. The molecule has 6 heteroatoms. The van der Waals surface area contributed by atoms with Gasteiger partial charge in [-0.15, -0.1) is 0 Å². The Hall–Kier alpha value is -1.14. The van der Waals surface area contributed by atoms with Crippen LogP contribution in [0.5, 0.6) is 0 Å². The van der Waals surface area contributed by atoms with Gasteiger partial charge in [0, 0.05) is 30.4 Å². The van der Waals surface area contributed by atoms with Crippen LogP contribution >= 0.6 is 15.9 Å². The molecule has 1 unspecified atom stereocenters. The van der Waals surface area contributed by atoms with Crippen LogP contribution in [-0.4, -0.2) is 37.2 Å². The van der Waals surface area contributed by atoms with E-state index in [9.17, 15) is 4.79 Å².